The highest BCUT2D eigenvalue weighted by Crippen LogP contribution is 2.42. The summed E-state index contributed by atoms with van der Waals surface area (Å²) in [6.07, 6.45) is 4.66. The van der Waals surface area contributed by atoms with Crippen LogP contribution in [-0.4, -0.2) is 36.4 Å². The molecule has 2 aliphatic rings. The van der Waals surface area contributed by atoms with E-state index < -0.39 is 0 Å². The predicted octanol–water partition coefficient (Wildman–Crippen LogP) is 3.97. The summed E-state index contributed by atoms with van der Waals surface area (Å²) in [6.45, 7) is 1.94. The summed E-state index contributed by atoms with van der Waals surface area (Å²) in [6, 6.07) is 5.99. The Morgan fingerprint density at radius 2 is 2.00 bits per heavy atom. The van der Waals surface area contributed by atoms with Gasteiger partial charge in [-0.15, -0.1) is 11.8 Å². The van der Waals surface area contributed by atoms with Gasteiger partial charge in [-0.3, -0.25) is 9.59 Å². The molecule has 1 aromatic rings. The fraction of sp³-hybridized carbons (Fsp3) is 0.579. The first-order valence-corrected chi connectivity index (χ1v) is 9.49. The van der Waals surface area contributed by atoms with Crippen LogP contribution in [0, 0.1) is 11.8 Å². The fourth-order valence-corrected chi connectivity index (χ4v) is 5.15. The monoisotopic (exact) mass is 331 g/mol. The van der Waals surface area contributed by atoms with Crippen LogP contribution < -0.4 is 0 Å². The van der Waals surface area contributed by atoms with E-state index >= 15 is 0 Å². The van der Waals surface area contributed by atoms with Crippen LogP contribution in [0.1, 0.15) is 54.4 Å². The maximum atomic E-state index is 12.9. The summed E-state index contributed by atoms with van der Waals surface area (Å²) in [7, 11) is 3.57. The molecule has 0 N–H and O–H groups in total. The van der Waals surface area contributed by atoms with E-state index in [1.807, 2.05) is 19.1 Å². The van der Waals surface area contributed by atoms with Crippen LogP contribution in [0.15, 0.2) is 23.1 Å². The molecule has 3 rings (SSSR count). The molecule has 0 aromatic heterocycles. The zero-order valence-electron chi connectivity index (χ0n) is 14.2. The number of fused-ring (bicyclic) bond motifs is 2. The van der Waals surface area contributed by atoms with Crippen molar-refractivity contribution >= 4 is 23.5 Å². The molecule has 1 amide bonds. The van der Waals surface area contributed by atoms with E-state index in [4.69, 9.17) is 0 Å². The first-order valence-electron chi connectivity index (χ1n) is 8.51. The Labute approximate surface area is 142 Å². The minimum Gasteiger partial charge on any atom is -0.348 e. The van der Waals surface area contributed by atoms with Crippen LogP contribution in [0.5, 0.6) is 0 Å². The van der Waals surface area contributed by atoms with Crippen molar-refractivity contribution < 1.29 is 9.59 Å². The lowest BCUT2D eigenvalue weighted by atomic mass is 9.76. The lowest BCUT2D eigenvalue weighted by molar-refractivity contribution is -0.129. The van der Waals surface area contributed by atoms with Gasteiger partial charge in [0.2, 0.25) is 5.91 Å². The van der Waals surface area contributed by atoms with Crippen LogP contribution in [0.25, 0.3) is 0 Å². The second kappa shape index (κ2) is 6.68. The van der Waals surface area contributed by atoms with Crippen molar-refractivity contribution in [2.45, 2.75) is 43.4 Å². The van der Waals surface area contributed by atoms with Crippen molar-refractivity contribution in [3.8, 4) is 0 Å². The van der Waals surface area contributed by atoms with Crippen LogP contribution in [0.4, 0.5) is 0 Å². The van der Waals surface area contributed by atoms with Gasteiger partial charge in [0, 0.05) is 36.2 Å². The standard InChI is InChI=1S/C19H25NO2S/c1-12(19(22)20(2)3)13-8-9-16-17(10-13)23-11-14-6-4-5-7-15(14)18(16)21/h8-10,12,14-15H,4-7,11H2,1-3H3/t12?,14-,15+/m1/s1. The number of benzene rings is 1. The Morgan fingerprint density at radius 3 is 2.74 bits per heavy atom. The van der Waals surface area contributed by atoms with Gasteiger partial charge in [0.05, 0.1) is 5.92 Å². The van der Waals surface area contributed by atoms with Crippen LogP contribution in [0.2, 0.25) is 0 Å². The SMILES string of the molecule is CC(C(=O)N(C)C)c1ccc2c(c1)SC[C@H]1CCCC[C@@H]1C2=O. The summed E-state index contributed by atoms with van der Waals surface area (Å²) >= 11 is 1.80. The average molecular weight is 331 g/mol. The Hall–Kier alpha value is -1.29. The summed E-state index contributed by atoms with van der Waals surface area (Å²) in [5.74, 6) is 2.03. The number of rotatable bonds is 2. The maximum Gasteiger partial charge on any atom is 0.229 e. The van der Waals surface area contributed by atoms with Crippen LogP contribution >= 0.6 is 11.8 Å². The van der Waals surface area contributed by atoms with E-state index in [9.17, 15) is 9.59 Å². The minimum atomic E-state index is -0.170. The van der Waals surface area contributed by atoms with Crippen molar-refractivity contribution in [1.82, 2.24) is 4.90 Å². The van der Waals surface area contributed by atoms with Crippen LogP contribution in [-0.2, 0) is 4.79 Å². The smallest absolute Gasteiger partial charge is 0.229 e. The van der Waals surface area contributed by atoms with Gasteiger partial charge in [-0.05, 0) is 43.4 Å². The van der Waals surface area contributed by atoms with Gasteiger partial charge in [0.15, 0.2) is 5.78 Å². The highest BCUT2D eigenvalue weighted by Gasteiger charge is 2.35. The van der Waals surface area contributed by atoms with Crippen LogP contribution in [0.3, 0.4) is 0 Å². The minimum absolute atomic E-state index is 0.101. The Balaban J connectivity index is 1.90. The molecule has 1 heterocycles. The molecule has 0 spiro atoms. The van der Waals surface area contributed by atoms with Crippen molar-refractivity contribution in [1.29, 1.82) is 0 Å². The molecule has 4 heteroatoms. The third kappa shape index (κ3) is 3.18. The molecule has 1 aromatic carbocycles. The summed E-state index contributed by atoms with van der Waals surface area (Å²) in [5.41, 5.74) is 1.88. The number of hydrogen-bond donors (Lipinski definition) is 0. The van der Waals surface area contributed by atoms with E-state index in [0.29, 0.717) is 11.7 Å². The number of carbonyl (C=O) groups excluding carboxylic acids is 2. The Kier molecular flexibility index (Phi) is 4.81. The molecule has 3 nitrogen and oxygen atoms in total. The van der Waals surface area contributed by atoms with Crippen molar-refractivity contribution in [2.24, 2.45) is 11.8 Å². The fourth-order valence-electron chi connectivity index (χ4n) is 3.81. The maximum absolute atomic E-state index is 12.9. The Morgan fingerprint density at radius 1 is 1.26 bits per heavy atom. The number of hydrogen-bond acceptors (Lipinski definition) is 3. The van der Waals surface area contributed by atoms with Gasteiger partial charge in [0.1, 0.15) is 0 Å². The quantitative estimate of drug-likeness (QED) is 0.823. The van der Waals surface area contributed by atoms with Gasteiger partial charge >= 0.3 is 0 Å². The molecule has 1 aliphatic carbocycles. The highest BCUT2D eigenvalue weighted by atomic mass is 32.2. The molecular weight excluding hydrogens is 306 g/mol. The van der Waals surface area contributed by atoms with E-state index in [1.165, 1.54) is 19.3 Å². The molecule has 0 saturated heterocycles. The van der Waals surface area contributed by atoms with E-state index in [2.05, 4.69) is 6.07 Å². The number of Topliss-reactive ketones (excluding diaryl/α,β-unsaturated/α-hetero) is 1. The van der Waals surface area contributed by atoms with Crippen molar-refractivity contribution in [3.63, 3.8) is 0 Å². The van der Waals surface area contributed by atoms with Crippen molar-refractivity contribution in [2.75, 3.05) is 19.8 Å². The highest BCUT2D eigenvalue weighted by molar-refractivity contribution is 7.99. The average Bonchev–Trinajstić information content (AvgIpc) is 2.71. The second-order valence-electron chi connectivity index (χ2n) is 7.04. The normalized spacial score (nSPS) is 25.1. The molecule has 124 valence electrons. The summed E-state index contributed by atoms with van der Waals surface area (Å²) in [5, 5.41) is 0. The van der Waals surface area contributed by atoms with E-state index in [-0.39, 0.29) is 17.7 Å². The van der Waals surface area contributed by atoms with Gasteiger partial charge in [0.25, 0.3) is 0 Å². The molecule has 1 unspecified atom stereocenters. The number of ketones is 1. The number of amides is 1. The number of likely N-dealkylation sites (N-methyl/N-ethyl adjacent to an activating group) is 1. The first kappa shape index (κ1) is 16.6. The molecule has 1 aliphatic heterocycles. The second-order valence-corrected chi connectivity index (χ2v) is 8.10. The molecule has 0 bridgehead atoms. The molecule has 23 heavy (non-hydrogen) atoms. The van der Waals surface area contributed by atoms with Gasteiger partial charge in [-0.1, -0.05) is 18.9 Å². The summed E-state index contributed by atoms with van der Waals surface area (Å²) in [4.78, 5) is 27.8. The van der Waals surface area contributed by atoms with Gasteiger partial charge in [-0.2, -0.15) is 0 Å². The number of carbonyl (C=O) groups is 2. The van der Waals surface area contributed by atoms with Gasteiger partial charge in [-0.25, -0.2) is 0 Å². The Bertz CT molecular complexity index is 626. The third-order valence-electron chi connectivity index (χ3n) is 5.28. The molecule has 1 fully saturated rings. The predicted molar refractivity (Wildman–Crippen MR) is 94.1 cm³/mol. The van der Waals surface area contributed by atoms with E-state index in [0.717, 1.165) is 28.2 Å². The first-order chi connectivity index (χ1) is 11.0. The lowest BCUT2D eigenvalue weighted by Crippen LogP contribution is -2.27. The zero-order chi connectivity index (χ0) is 16.6. The van der Waals surface area contributed by atoms with E-state index in [1.54, 1.807) is 30.8 Å². The zero-order valence-corrected chi connectivity index (χ0v) is 15.0. The largest absolute Gasteiger partial charge is 0.348 e. The topological polar surface area (TPSA) is 37.4 Å². The number of nitrogens with zero attached hydrogens (tertiary/aromatic N) is 1. The van der Waals surface area contributed by atoms with Gasteiger partial charge < -0.3 is 4.90 Å². The van der Waals surface area contributed by atoms with Crippen molar-refractivity contribution in [3.05, 3.63) is 29.3 Å². The number of thioether (sulfide) groups is 1. The third-order valence-corrected chi connectivity index (χ3v) is 6.52. The molecule has 3 atom stereocenters. The summed E-state index contributed by atoms with van der Waals surface area (Å²) < 4.78 is 0. The molecular formula is C19H25NO2S. The molecule has 1 saturated carbocycles. The lowest BCUT2D eigenvalue weighted by Gasteiger charge is -2.28. The molecule has 0 radical (unpaired) electrons.